The first-order valence-corrected chi connectivity index (χ1v) is 14.6. The first-order chi connectivity index (χ1) is 20.2. The summed E-state index contributed by atoms with van der Waals surface area (Å²) < 4.78 is 281. The Balaban J connectivity index is 5.99. The lowest BCUT2D eigenvalue weighted by molar-refractivity contribution is -0.474. The highest BCUT2D eigenvalue weighted by atomic mass is 127. The zero-order valence-corrected chi connectivity index (χ0v) is 25.5. The van der Waals surface area contributed by atoms with E-state index in [2.05, 4.69) is 0 Å². The number of unbranched alkanes of at least 4 members (excludes halogenated alkanes) is 9. The maximum absolute atomic E-state index is 14.2. The first-order valence-electron chi connectivity index (χ1n) is 13.3. The molecule has 0 aromatic heterocycles. The zero-order valence-electron chi connectivity index (χ0n) is 23.4. The maximum atomic E-state index is 14.2. The summed E-state index contributed by atoms with van der Waals surface area (Å²) in [6.07, 6.45) is -3.98. The summed E-state index contributed by atoms with van der Waals surface area (Å²) in [5.41, 5.74) is 0. The fourth-order valence-corrected chi connectivity index (χ4v) is 4.95. The second kappa shape index (κ2) is 15.0. The van der Waals surface area contributed by atoms with Crippen molar-refractivity contribution in [3.8, 4) is 0 Å². The Labute approximate surface area is 262 Å². The van der Waals surface area contributed by atoms with E-state index in [4.69, 9.17) is 0 Å². The molecule has 278 valence electrons. The lowest BCUT2D eigenvalue weighted by Crippen LogP contribution is -2.76. The van der Waals surface area contributed by atoms with Crippen LogP contribution in [0.5, 0.6) is 0 Å². The SMILES string of the molecule is CCCCCCCCCCCCC(I)CC(F)(F)C(F)(F)C(F)(F)C(F)(F)C(F)(F)C(F)(F)C(F)(F)C(F)(F)C(F)(F)C(F)(F)F. The minimum absolute atomic E-state index is 0.0339. The van der Waals surface area contributed by atoms with Gasteiger partial charge < -0.3 is 0 Å². The number of alkyl halides is 22. The normalized spacial score (nSPS) is 16.2. The van der Waals surface area contributed by atoms with Crippen LogP contribution in [0.4, 0.5) is 92.2 Å². The second-order valence-corrected chi connectivity index (χ2v) is 12.3. The van der Waals surface area contributed by atoms with Crippen LogP contribution in [0, 0.1) is 0 Å². The van der Waals surface area contributed by atoms with Gasteiger partial charge in [0.05, 0.1) is 0 Å². The molecular formula is C24H28F21I. The van der Waals surface area contributed by atoms with Crippen LogP contribution in [-0.2, 0) is 0 Å². The Bertz CT molecular complexity index is 941. The molecule has 0 fully saturated rings. The van der Waals surface area contributed by atoms with E-state index in [0.717, 1.165) is 61.1 Å². The van der Waals surface area contributed by atoms with Gasteiger partial charge in [-0.1, -0.05) is 93.7 Å². The van der Waals surface area contributed by atoms with Gasteiger partial charge in [0.1, 0.15) is 0 Å². The molecule has 0 bridgehead atoms. The van der Waals surface area contributed by atoms with Gasteiger partial charge in [0.15, 0.2) is 0 Å². The number of hydrogen-bond donors (Lipinski definition) is 0. The van der Waals surface area contributed by atoms with Crippen LogP contribution in [0.25, 0.3) is 0 Å². The van der Waals surface area contributed by atoms with Gasteiger partial charge in [0, 0.05) is 10.3 Å². The highest BCUT2D eigenvalue weighted by Gasteiger charge is 2.97. The summed E-state index contributed by atoms with van der Waals surface area (Å²) in [7, 11) is 0. The van der Waals surface area contributed by atoms with Crippen molar-refractivity contribution in [2.75, 3.05) is 0 Å². The lowest BCUT2D eigenvalue weighted by Gasteiger charge is -2.44. The molecule has 0 aliphatic carbocycles. The molecule has 22 heteroatoms. The van der Waals surface area contributed by atoms with Gasteiger partial charge >= 0.3 is 59.5 Å². The standard InChI is InChI=1S/C24H28F21I/c1-2-3-4-5-6-7-8-9-10-11-12-14(46)13-15(25,26)16(27,28)17(29,30)18(31,32)19(33,34)20(35,36)21(37,38)22(39,40)23(41,42)24(43,44)45/h14H,2-13H2,1H3. The van der Waals surface area contributed by atoms with E-state index in [-0.39, 0.29) is 12.8 Å². The molecule has 0 aromatic carbocycles. The average Bonchev–Trinajstić information content (AvgIpc) is 2.87. The van der Waals surface area contributed by atoms with E-state index < -0.39 is 76.2 Å². The van der Waals surface area contributed by atoms with Crippen LogP contribution in [0.15, 0.2) is 0 Å². The Morgan fingerprint density at radius 2 is 0.630 bits per heavy atom. The molecule has 46 heavy (non-hydrogen) atoms. The Morgan fingerprint density at radius 3 is 0.935 bits per heavy atom. The van der Waals surface area contributed by atoms with Crippen molar-refractivity contribution in [3.05, 3.63) is 0 Å². The molecule has 0 aromatic rings. The molecule has 0 radical (unpaired) electrons. The van der Waals surface area contributed by atoms with Gasteiger partial charge in [0.25, 0.3) is 0 Å². The fourth-order valence-electron chi connectivity index (χ4n) is 3.95. The van der Waals surface area contributed by atoms with Crippen LogP contribution in [0.3, 0.4) is 0 Å². The molecule has 0 saturated heterocycles. The van der Waals surface area contributed by atoms with E-state index in [0.29, 0.717) is 12.8 Å². The third-order valence-corrected chi connectivity index (χ3v) is 7.99. The second-order valence-electron chi connectivity index (χ2n) is 10.6. The molecule has 0 spiro atoms. The topological polar surface area (TPSA) is 0 Å². The Kier molecular flexibility index (Phi) is 14.8. The molecule has 0 amide bonds. The van der Waals surface area contributed by atoms with Gasteiger partial charge in [-0.3, -0.25) is 0 Å². The predicted molar refractivity (Wildman–Crippen MR) is 129 cm³/mol. The van der Waals surface area contributed by atoms with E-state index in [9.17, 15) is 92.2 Å². The molecule has 0 N–H and O–H groups in total. The third-order valence-electron chi connectivity index (χ3n) is 6.92. The predicted octanol–water partition coefficient (Wildman–Crippen LogP) is 12.8. The van der Waals surface area contributed by atoms with E-state index >= 15 is 0 Å². The zero-order chi connectivity index (χ0) is 37.1. The molecule has 0 aliphatic rings. The molecule has 0 nitrogen and oxygen atoms in total. The van der Waals surface area contributed by atoms with Crippen molar-refractivity contribution in [1.82, 2.24) is 0 Å². The van der Waals surface area contributed by atoms with Gasteiger partial charge in [-0.15, -0.1) is 0 Å². The number of hydrogen-bond acceptors (Lipinski definition) is 0. The van der Waals surface area contributed by atoms with Crippen LogP contribution in [0.2, 0.25) is 0 Å². The Morgan fingerprint density at radius 1 is 0.370 bits per heavy atom. The average molecular weight is 842 g/mol. The van der Waals surface area contributed by atoms with Crippen LogP contribution < -0.4 is 0 Å². The highest BCUT2D eigenvalue weighted by Crippen LogP contribution is 2.66. The smallest absolute Gasteiger partial charge is 0.200 e. The molecular weight excluding hydrogens is 814 g/mol. The van der Waals surface area contributed by atoms with Crippen molar-refractivity contribution in [2.24, 2.45) is 0 Å². The summed E-state index contributed by atoms with van der Waals surface area (Å²) >= 11 is 0.946. The van der Waals surface area contributed by atoms with Gasteiger partial charge in [-0.25, -0.2) is 0 Å². The largest absolute Gasteiger partial charge is 0.460 e. The minimum Gasteiger partial charge on any atom is -0.200 e. The van der Waals surface area contributed by atoms with Crippen molar-refractivity contribution in [1.29, 1.82) is 0 Å². The molecule has 0 rings (SSSR count). The van der Waals surface area contributed by atoms with Crippen molar-refractivity contribution < 1.29 is 92.2 Å². The van der Waals surface area contributed by atoms with Gasteiger partial charge in [-0.05, 0) is 6.42 Å². The van der Waals surface area contributed by atoms with E-state index in [1.165, 1.54) is 0 Å². The third kappa shape index (κ3) is 8.17. The monoisotopic (exact) mass is 842 g/mol. The van der Waals surface area contributed by atoms with E-state index in [1.54, 1.807) is 0 Å². The molecule has 0 heterocycles. The van der Waals surface area contributed by atoms with Gasteiger partial charge in [0.2, 0.25) is 0 Å². The first kappa shape index (κ1) is 45.3. The summed E-state index contributed by atoms with van der Waals surface area (Å²) in [6.45, 7) is 2.00. The lowest BCUT2D eigenvalue weighted by atomic mass is 9.85. The van der Waals surface area contributed by atoms with Crippen LogP contribution in [0.1, 0.15) is 84.0 Å². The molecule has 1 atom stereocenters. The summed E-state index contributed by atoms with van der Waals surface area (Å²) in [4.78, 5) is 0. The Hall–Kier alpha value is -0.740. The molecule has 0 saturated carbocycles. The van der Waals surface area contributed by atoms with E-state index in [1.807, 2.05) is 6.92 Å². The maximum Gasteiger partial charge on any atom is 0.460 e. The number of rotatable bonds is 21. The minimum atomic E-state index is -9.14. The molecule has 1 unspecified atom stereocenters. The summed E-state index contributed by atoms with van der Waals surface area (Å²) in [5, 5.41) is 0. The van der Waals surface area contributed by atoms with Crippen molar-refractivity contribution >= 4 is 22.6 Å². The summed E-state index contributed by atoms with van der Waals surface area (Å²) in [6, 6.07) is 0. The number of halogens is 22. The van der Waals surface area contributed by atoms with Gasteiger partial charge in [-0.2, -0.15) is 92.2 Å². The van der Waals surface area contributed by atoms with Crippen LogP contribution in [-0.4, -0.2) is 63.4 Å². The summed E-state index contributed by atoms with van der Waals surface area (Å²) in [5.74, 6) is -76.4. The quantitative estimate of drug-likeness (QED) is 0.0467. The van der Waals surface area contributed by atoms with Crippen molar-refractivity contribution in [3.63, 3.8) is 0 Å². The fraction of sp³-hybridized carbons (Fsp3) is 1.00. The van der Waals surface area contributed by atoms with Crippen molar-refractivity contribution in [2.45, 2.75) is 147 Å². The van der Waals surface area contributed by atoms with Crippen LogP contribution >= 0.6 is 22.6 Å². The molecule has 0 aliphatic heterocycles. The highest BCUT2D eigenvalue weighted by molar-refractivity contribution is 14.1.